The molecule has 0 fully saturated rings. The number of hydrogen-bond donors (Lipinski definition) is 0. The lowest BCUT2D eigenvalue weighted by molar-refractivity contribution is 0.824. The Morgan fingerprint density at radius 2 is 1.47 bits per heavy atom. The van der Waals surface area contributed by atoms with Gasteiger partial charge in [-0.2, -0.15) is 0 Å². The van der Waals surface area contributed by atoms with E-state index in [1.54, 1.807) is 0 Å². The van der Waals surface area contributed by atoms with E-state index in [2.05, 4.69) is 68.1 Å². The Morgan fingerprint density at radius 1 is 0.941 bits per heavy atom. The summed E-state index contributed by atoms with van der Waals surface area (Å²) in [6.07, 6.45) is 1.08. The van der Waals surface area contributed by atoms with Gasteiger partial charge in [-0.1, -0.05) is 74.2 Å². The molecule has 0 spiro atoms. The molecule has 0 amide bonds. The van der Waals surface area contributed by atoms with E-state index >= 15 is 0 Å². The Morgan fingerprint density at radius 3 is 2.00 bits per heavy atom. The molecular weight excluding hydrogens is 204 g/mol. The summed E-state index contributed by atoms with van der Waals surface area (Å²) in [5, 5.41) is 0. The molecule has 0 nitrogen and oxygen atoms in total. The van der Waals surface area contributed by atoms with E-state index in [9.17, 15) is 0 Å². The fourth-order valence-electron chi connectivity index (χ4n) is 2.22. The summed E-state index contributed by atoms with van der Waals surface area (Å²) in [6, 6.07) is 21.1. The van der Waals surface area contributed by atoms with Gasteiger partial charge in [0.1, 0.15) is 0 Å². The van der Waals surface area contributed by atoms with Crippen LogP contribution < -0.4 is 0 Å². The molecule has 0 aromatic heterocycles. The molecule has 0 saturated carbocycles. The van der Waals surface area contributed by atoms with Gasteiger partial charge in [0.2, 0.25) is 0 Å². The monoisotopic (exact) mass is 222 g/mol. The van der Waals surface area contributed by atoms with Crippen LogP contribution in [0.2, 0.25) is 0 Å². The van der Waals surface area contributed by atoms with E-state index in [1.807, 2.05) is 6.07 Å². The van der Waals surface area contributed by atoms with Gasteiger partial charge in [0.15, 0.2) is 0 Å². The van der Waals surface area contributed by atoms with Gasteiger partial charge >= 0.3 is 0 Å². The fraction of sp³-hybridized carbons (Fsp3) is 0.176. The predicted octanol–water partition coefficient (Wildman–Crippen LogP) is 4.89. The SMILES string of the molecule is C=C(c1ccccc1)C(CC)c1ccccc1. The highest BCUT2D eigenvalue weighted by Gasteiger charge is 2.13. The van der Waals surface area contributed by atoms with Crippen molar-refractivity contribution in [1.29, 1.82) is 0 Å². The Bertz CT molecular complexity index is 468. The summed E-state index contributed by atoms with van der Waals surface area (Å²) in [5.74, 6) is 0.415. The smallest absolute Gasteiger partial charge is 0.00867 e. The van der Waals surface area contributed by atoms with E-state index in [0.29, 0.717) is 5.92 Å². The molecule has 1 unspecified atom stereocenters. The van der Waals surface area contributed by atoms with Gasteiger partial charge in [0.25, 0.3) is 0 Å². The van der Waals surface area contributed by atoms with Crippen LogP contribution in [0.1, 0.15) is 30.4 Å². The quantitative estimate of drug-likeness (QED) is 0.690. The molecule has 0 saturated heterocycles. The summed E-state index contributed by atoms with van der Waals surface area (Å²) in [7, 11) is 0. The van der Waals surface area contributed by atoms with E-state index in [0.717, 1.165) is 6.42 Å². The highest BCUT2D eigenvalue weighted by atomic mass is 14.2. The standard InChI is InChI=1S/C17H18/c1-3-17(16-12-8-5-9-13-16)14(2)15-10-6-4-7-11-15/h4-13,17H,2-3H2,1H3. The van der Waals surface area contributed by atoms with Crippen molar-refractivity contribution in [3.8, 4) is 0 Å². The maximum atomic E-state index is 4.27. The second-order valence-electron chi connectivity index (χ2n) is 4.26. The normalized spacial score (nSPS) is 12.1. The first-order valence-corrected chi connectivity index (χ1v) is 6.12. The van der Waals surface area contributed by atoms with Crippen LogP contribution in [0, 0.1) is 0 Å². The Balaban J connectivity index is 2.29. The van der Waals surface area contributed by atoms with Crippen LogP contribution >= 0.6 is 0 Å². The van der Waals surface area contributed by atoms with Crippen molar-refractivity contribution < 1.29 is 0 Å². The van der Waals surface area contributed by atoms with Crippen LogP contribution in [0.5, 0.6) is 0 Å². The highest BCUT2D eigenvalue weighted by Crippen LogP contribution is 2.32. The molecule has 0 aliphatic rings. The molecule has 2 aromatic rings. The number of hydrogen-bond acceptors (Lipinski definition) is 0. The zero-order valence-corrected chi connectivity index (χ0v) is 10.3. The summed E-state index contributed by atoms with van der Waals surface area (Å²) in [4.78, 5) is 0. The van der Waals surface area contributed by atoms with Gasteiger partial charge < -0.3 is 0 Å². The van der Waals surface area contributed by atoms with Crippen LogP contribution in [-0.2, 0) is 0 Å². The molecule has 0 bridgehead atoms. The van der Waals surface area contributed by atoms with Crippen LogP contribution in [0.15, 0.2) is 67.2 Å². The van der Waals surface area contributed by atoms with E-state index in [1.165, 1.54) is 16.7 Å². The molecule has 0 heteroatoms. The van der Waals surface area contributed by atoms with Crippen molar-refractivity contribution >= 4 is 5.57 Å². The van der Waals surface area contributed by atoms with Crippen molar-refractivity contribution in [3.63, 3.8) is 0 Å². The molecule has 86 valence electrons. The lowest BCUT2D eigenvalue weighted by Crippen LogP contribution is -1.99. The van der Waals surface area contributed by atoms with Crippen LogP contribution in [0.25, 0.3) is 5.57 Å². The van der Waals surface area contributed by atoms with Crippen molar-refractivity contribution in [2.75, 3.05) is 0 Å². The summed E-state index contributed by atoms with van der Waals surface area (Å²) < 4.78 is 0. The molecule has 2 aromatic carbocycles. The first-order valence-electron chi connectivity index (χ1n) is 6.12. The molecular formula is C17H18. The summed E-state index contributed by atoms with van der Waals surface area (Å²) >= 11 is 0. The maximum Gasteiger partial charge on any atom is 0.00867 e. The minimum Gasteiger partial charge on any atom is -0.0946 e. The molecule has 0 aliphatic heterocycles. The number of allylic oxidation sites excluding steroid dienone is 1. The van der Waals surface area contributed by atoms with E-state index in [-0.39, 0.29) is 0 Å². The molecule has 0 aliphatic carbocycles. The molecule has 0 heterocycles. The largest absolute Gasteiger partial charge is 0.0946 e. The third kappa shape index (κ3) is 2.65. The van der Waals surface area contributed by atoms with Gasteiger partial charge in [-0.15, -0.1) is 0 Å². The molecule has 0 N–H and O–H groups in total. The Labute approximate surface area is 104 Å². The van der Waals surface area contributed by atoms with Crippen LogP contribution in [0.3, 0.4) is 0 Å². The topological polar surface area (TPSA) is 0 Å². The zero-order valence-electron chi connectivity index (χ0n) is 10.3. The minimum atomic E-state index is 0.415. The first kappa shape index (κ1) is 11.7. The lowest BCUT2D eigenvalue weighted by Gasteiger charge is -2.18. The van der Waals surface area contributed by atoms with Crippen molar-refractivity contribution in [1.82, 2.24) is 0 Å². The average molecular weight is 222 g/mol. The third-order valence-electron chi connectivity index (χ3n) is 3.18. The predicted molar refractivity (Wildman–Crippen MR) is 75.0 cm³/mol. The third-order valence-corrected chi connectivity index (χ3v) is 3.18. The van der Waals surface area contributed by atoms with Gasteiger partial charge in [-0.25, -0.2) is 0 Å². The number of rotatable bonds is 4. The first-order chi connectivity index (χ1) is 8.33. The van der Waals surface area contributed by atoms with Gasteiger partial charge in [-0.3, -0.25) is 0 Å². The molecule has 17 heavy (non-hydrogen) atoms. The second kappa shape index (κ2) is 5.49. The van der Waals surface area contributed by atoms with Gasteiger partial charge in [0, 0.05) is 5.92 Å². The highest BCUT2D eigenvalue weighted by molar-refractivity contribution is 5.69. The maximum absolute atomic E-state index is 4.27. The van der Waals surface area contributed by atoms with Crippen molar-refractivity contribution in [3.05, 3.63) is 78.4 Å². The average Bonchev–Trinajstić information content (AvgIpc) is 2.42. The molecule has 2 rings (SSSR count). The minimum absolute atomic E-state index is 0.415. The fourth-order valence-corrected chi connectivity index (χ4v) is 2.22. The zero-order chi connectivity index (χ0) is 12.1. The summed E-state index contributed by atoms with van der Waals surface area (Å²) in [5.41, 5.74) is 3.80. The Hall–Kier alpha value is -1.82. The van der Waals surface area contributed by atoms with Crippen LogP contribution in [0.4, 0.5) is 0 Å². The van der Waals surface area contributed by atoms with Crippen LogP contribution in [-0.4, -0.2) is 0 Å². The summed E-state index contributed by atoms with van der Waals surface area (Å²) in [6.45, 7) is 6.49. The van der Waals surface area contributed by atoms with Gasteiger partial charge in [0.05, 0.1) is 0 Å². The van der Waals surface area contributed by atoms with E-state index in [4.69, 9.17) is 0 Å². The number of benzene rings is 2. The van der Waals surface area contributed by atoms with Crippen molar-refractivity contribution in [2.45, 2.75) is 19.3 Å². The Kier molecular flexibility index (Phi) is 3.77. The van der Waals surface area contributed by atoms with Crippen molar-refractivity contribution in [2.24, 2.45) is 0 Å². The van der Waals surface area contributed by atoms with Gasteiger partial charge in [-0.05, 0) is 23.1 Å². The van der Waals surface area contributed by atoms with E-state index < -0.39 is 0 Å². The molecule has 1 atom stereocenters. The second-order valence-corrected chi connectivity index (χ2v) is 4.26. The lowest BCUT2D eigenvalue weighted by atomic mass is 9.86. The molecule has 0 radical (unpaired) electrons.